The number of para-hydroxylation sites is 2. The van der Waals surface area contributed by atoms with E-state index >= 15 is 0 Å². The van der Waals surface area contributed by atoms with Crippen molar-refractivity contribution in [2.75, 3.05) is 31.1 Å². The molecule has 0 radical (unpaired) electrons. The van der Waals surface area contributed by atoms with Gasteiger partial charge in [-0.1, -0.05) is 25.1 Å². The molecule has 1 aliphatic rings. The predicted molar refractivity (Wildman–Crippen MR) is 114 cm³/mol. The molecule has 1 N–H and O–H groups in total. The molecule has 150 valence electrons. The lowest BCUT2D eigenvalue weighted by molar-refractivity contribution is 0.169. The average molecular weight is 409 g/mol. The van der Waals surface area contributed by atoms with E-state index in [1.165, 1.54) is 4.88 Å². The highest BCUT2D eigenvalue weighted by Crippen LogP contribution is 2.26. The van der Waals surface area contributed by atoms with Gasteiger partial charge in [0.1, 0.15) is 0 Å². The summed E-state index contributed by atoms with van der Waals surface area (Å²) in [6.45, 7) is 6.73. The van der Waals surface area contributed by atoms with Crippen LogP contribution in [0.25, 0.3) is 11.0 Å². The highest BCUT2D eigenvalue weighted by molar-refractivity contribution is 7.09. The van der Waals surface area contributed by atoms with Crippen molar-refractivity contribution in [3.63, 3.8) is 0 Å². The SMILES string of the molecule is CCC(c1nnnn1Cc1cccs1)N1CCN(c2nc3ccccc3[nH]2)CC1. The monoisotopic (exact) mass is 408 g/mol. The second-order valence-corrected chi connectivity index (χ2v) is 8.33. The zero-order chi connectivity index (χ0) is 19.6. The van der Waals surface area contributed by atoms with Gasteiger partial charge in [0, 0.05) is 31.1 Å². The molecular weight excluding hydrogens is 384 g/mol. The molecule has 1 atom stereocenters. The van der Waals surface area contributed by atoms with Crippen molar-refractivity contribution in [2.24, 2.45) is 0 Å². The first-order valence-corrected chi connectivity index (χ1v) is 10.9. The van der Waals surface area contributed by atoms with Crippen molar-refractivity contribution in [3.05, 3.63) is 52.5 Å². The fraction of sp³-hybridized carbons (Fsp3) is 0.400. The lowest BCUT2D eigenvalue weighted by atomic mass is 10.1. The summed E-state index contributed by atoms with van der Waals surface area (Å²) < 4.78 is 1.95. The predicted octanol–water partition coefficient (Wildman–Crippen LogP) is 2.93. The Kier molecular flexibility index (Phi) is 4.99. The average Bonchev–Trinajstić information content (AvgIpc) is 3.51. The van der Waals surface area contributed by atoms with Crippen LogP contribution >= 0.6 is 11.3 Å². The van der Waals surface area contributed by atoms with Gasteiger partial charge >= 0.3 is 0 Å². The van der Waals surface area contributed by atoms with Crippen LogP contribution < -0.4 is 4.90 Å². The molecule has 0 saturated carbocycles. The normalized spacial score (nSPS) is 16.5. The summed E-state index contributed by atoms with van der Waals surface area (Å²) in [6, 6.07) is 12.6. The van der Waals surface area contributed by atoms with E-state index in [1.54, 1.807) is 11.3 Å². The van der Waals surface area contributed by atoms with Crippen LogP contribution in [0, 0.1) is 0 Å². The summed E-state index contributed by atoms with van der Waals surface area (Å²) in [5, 5.41) is 14.7. The fourth-order valence-electron chi connectivity index (χ4n) is 4.05. The van der Waals surface area contributed by atoms with Crippen molar-refractivity contribution in [3.8, 4) is 0 Å². The van der Waals surface area contributed by atoms with Crippen molar-refractivity contribution >= 4 is 28.3 Å². The number of hydrogen-bond donors (Lipinski definition) is 1. The molecule has 8 nitrogen and oxygen atoms in total. The van der Waals surface area contributed by atoms with E-state index < -0.39 is 0 Å². The number of piperazine rings is 1. The highest BCUT2D eigenvalue weighted by atomic mass is 32.1. The van der Waals surface area contributed by atoms with Gasteiger partial charge in [-0.3, -0.25) is 4.90 Å². The summed E-state index contributed by atoms with van der Waals surface area (Å²) in [5.41, 5.74) is 2.10. The lowest BCUT2D eigenvalue weighted by Crippen LogP contribution is -2.48. The van der Waals surface area contributed by atoms with Crippen LogP contribution in [0.4, 0.5) is 5.95 Å². The molecule has 5 rings (SSSR count). The van der Waals surface area contributed by atoms with Crippen LogP contribution in [0.3, 0.4) is 0 Å². The number of H-pyrrole nitrogens is 1. The smallest absolute Gasteiger partial charge is 0.203 e. The third kappa shape index (κ3) is 3.63. The molecule has 1 unspecified atom stereocenters. The number of imidazole rings is 1. The van der Waals surface area contributed by atoms with E-state index in [0.717, 1.165) is 62.0 Å². The van der Waals surface area contributed by atoms with Crippen LogP contribution in [0.2, 0.25) is 0 Å². The molecular formula is C20H24N8S. The Hall–Kier alpha value is -2.78. The topological polar surface area (TPSA) is 78.8 Å². The van der Waals surface area contributed by atoms with Gasteiger partial charge in [0.2, 0.25) is 5.95 Å². The highest BCUT2D eigenvalue weighted by Gasteiger charge is 2.28. The number of hydrogen-bond acceptors (Lipinski definition) is 7. The van der Waals surface area contributed by atoms with E-state index in [9.17, 15) is 0 Å². The maximum atomic E-state index is 4.75. The lowest BCUT2D eigenvalue weighted by Gasteiger charge is -2.38. The van der Waals surface area contributed by atoms with Gasteiger partial charge < -0.3 is 9.88 Å². The number of thiophene rings is 1. The number of fused-ring (bicyclic) bond motifs is 1. The number of anilines is 1. The van der Waals surface area contributed by atoms with Gasteiger partial charge in [0.25, 0.3) is 0 Å². The minimum absolute atomic E-state index is 0.225. The zero-order valence-corrected chi connectivity index (χ0v) is 17.2. The summed E-state index contributed by atoms with van der Waals surface area (Å²) in [7, 11) is 0. The quantitative estimate of drug-likeness (QED) is 0.528. The number of benzene rings is 1. The number of aromatic nitrogens is 6. The van der Waals surface area contributed by atoms with Crippen LogP contribution in [0.5, 0.6) is 0 Å². The third-order valence-corrected chi connectivity index (χ3v) is 6.42. The van der Waals surface area contributed by atoms with Crippen molar-refractivity contribution in [2.45, 2.75) is 25.9 Å². The first kappa shape index (κ1) is 18.3. The third-order valence-electron chi connectivity index (χ3n) is 5.56. The Labute approximate surface area is 173 Å². The molecule has 9 heteroatoms. The van der Waals surface area contributed by atoms with Gasteiger partial charge in [0.15, 0.2) is 5.82 Å². The first-order valence-electron chi connectivity index (χ1n) is 10.0. The number of aromatic amines is 1. The Balaban J connectivity index is 1.29. The van der Waals surface area contributed by atoms with E-state index in [4.69, 9.17) is 4.98 Å². The largest absolute Gasteiger partial charge is 0.340 e. The first-order chi connectivity index (χ1) is 14.3. The molecule has 4 aromatic rings. The Morgan fingerprint density at radius 3 is 2.72 bits per heavy atom. The number of rotatable bonds is 6. The maximum absolute atomic E-state index is 4.75. The Morgan fingerprint density at radius 2 is 1.97 bits per heavy atom. The molecule has 4 heterocycles. The van der Waals surface area contributed by atoms with Gasteiger partial charge in [-0.15, -0.1) is 16.4 Å². The van der Waals surface area contributed by atoms with Gasteiger partial charge in [0.05, 0.1) is 23.6 Å². The van der Waals surface area contributed by atoms with E-state index in [0.29, 0.717) is 0 Å². The molecule has 0 aliphatic carbocycles. The van der Waals surface area contributed by atoms with Crippen molar-refractivity contribution in [1.29, 1.82) is 0 Å². The number of tetrazole rings is 1. The summed E-state index contributed by atoms with van der Waals surface area (Å²) >= 11 is 1.74. The van der Waals surface area contributed by atoms with E-state index in [-0.39, 0.29) is 6.04 Å². The van der Waals surface area contributed by atoms with Gasteiger partial charge in [-0.25, -0.2) is 9.67 Å². The second-order valence-electron chi connectivity index (χ2n) is 7.30. The van der Waals surface area contributed by atoms with Gasteiger partial charge in [-0.05, 0) is 40.4 Å². The number of nitrogens with one attached hydrogen (secondary N) is 1. The van der Waals surface area contributed by atoms with Crippen LogP contribution in [0.1, 0.15) is 30.1 Å². The molecule has 1 fully saturated rings. The minimum Gasteiger partial charge on any atom is -0.340 e. The molecule has 3 aromatic heterocycles. The summed E-state index contributed by atoms with van der Waals surface area (Å²) in [6.07, 6.45) is 0.982. The second kappa shape index (κ2) is 7.92. The molecule has 0 amide bonds. The standard InChI is InChI=1S/C20H24N8S/c1-2-18(19-23-24-25-28(19)14-15-6-5-13-29-15)26-9-11-27(12-10-26)20-21-16-7-3-4-8-17(16)22-20/h3-8,13,18H,2,9-12,14H2,1H3,(H,21,22). The van der Waals surface area contributed by atoms with E-state index in [1.807, 2.05) is 22.9 Å². The Morgan fingerprint density at radius 1 is 1.10 bits per heavy atom. The van der Waals surface area contributed by atoms with Crippen LogP contribution in [-0.2, 0) is 6.54 Å². The van der Waals surface area contributed by atoms with Crippen molar-refractivity contribution in [1.82, 2.24) is 35.1 Å². The minimum atomic E-state index is 0.225. The molecule has 0 bridgehead atoms. The van der Waals surface area contributed by atoms with E-state index in [2.05, 4.69) is 60.8 Å². The van der Waals surface area contributed by atoms with Gasteiger partial charge in [-0.2, -0.15) is 0 Å². The maximum Gasteiger partial charge on any atom is 0.203 e. The molecule has 1 aromatic carbocycles. The van der Waals surface area contributed by atoms with Crippen LogP contribution in [0.15, 0.2) is 41.8 Å². The molecule has 0 spiro atoms. The molecule has 1 aliphatic heterocycles. The molecule has 29 heavy (non-hydrogen) atoms. The Bertz CT molecular complexity index is 1030. The molecule has 1 saturated heterocycles. The van der Waals surface area contributed by atoms with Crippen molar-refractivity contribution < 1.29 is 0 Å². The summed E-state index contributed by atoms with van der Waals surface area (Å²) in [5.74, 6) is 1.92. The van der Waals surface area contributed by atoms with Crippen LogP contribution in [-0.4, -0.2) is 61.3 Å². The fourth-order valence-corrected chi connectivity index (χ4v) is 4.74. The number of nitrogens with zero attached hydrogens (tertiary/aromatic N) is 7. The zero-order valence-electron chi connectivity index (χ0n) is 16.4. The summed E-state index contributed by atoms with van der Waals surface area (Å²) in [4.78, 5) is 14.3.